The van der Waals surface area contributed by atoms with Crippen molar-refractivity contribution in [2.75, 3.05) is 18.2 Å². The second-order valence-electron chi connectivity index (χ2n) is 4.49. The zero-order chi connectivity index (χ0) is 13.7. The van der Waals surface area contributed by atoms with Crippen LogP contribution in [0.2, 0.25) is 0 Å². The summed E-state index contributed by atoms with van der Waals surface area (Å²) in [6.07, 6.45) is 5.12. The van der Waals surface area contributed by atoms with E-state index < -0.39 is 5.97 Å². The van der Waals surface area contributed by atoms with Gasteiger partial charge in [-0.15, -0.1) is 0 Å². The molecule has 2 unspecified atom stereocenters. The number of hydrogen-bond acceptors (Lipinski definition) is 6. The smallest absolute Gasteiger partial charge is 0.376 e. The number of anilines is 1. The van der Waals surface area contributed by atoms with Crippen molar-refractivity contribution >= 4 is 23.5 Å². The molecule has 1 aromatic rings. The van der Waals surface area contributed by atoms with Crippen molar-refractivity contribution in [1.29, 1.82) is 0 Å². The molecular formula is C13H19N3O2S. The van der Waals surface area contributed by atoms with Crippen LogP contribution >= 0.6 is 11.8 Å². The highest BCUT2D eigenvalue weighted by Crippen LogP contribution is 2.31. The van der Waals surface area contributed by atoms with Gasteiger partial charge >= 0.3 is 5.97 Å². The maximum Gasteiger partial charge on any atom is 0.376 e. The molecule has 1 aromatic heterocycles. The Kier molecular flexibility index (Phi) is 5.01. The Hall–Kier alpha value is -1.30. The average Bonchev–Trinajstić information content (AvgIpc) is 2.86. The lowest BCUT2D eigenvalue weighted by Gasteiger charge is -2.13. The summed E-state index contributed by atoms with van der Waals surface area (Å²) in [6, 6.07) is 2.22. The third kappa shape index (κ3) is 3.83. The molecule has 1 aliphatic carbocycles. The van der Waals surface area contributed by atoms with Crippen molar-refractivity contribution in [2.24, 2.45) is 0 Å². The Labute approximate surface area is 117 Å². The average molecular weight is 281 g/mol. The summed E-state index contributed by atoms with van der Waals surface area (Å²) in [4.78, 5) is 19.4. The van der Waals surface area contributed by atoms with Gasteiger partial charge in [-0.1, -0.05) is 6.92 Å². The third-order valence-corrected chi connectivity index (χ3v) is 4.40. The summed E-state index contributed by atoms with van der Waals surface area (Å²) in [6.45, 7) is 2.19. The fourth-order valence-corrected chi connectivity index (χ4v) is 3.44. The topological polar surface area (TPSA) is 64.1 Å². The lowest BCUT2D eigenvalue weighted by molar-refractivity contribution is 0.0587. The summed E-state index contributed by atoms with van der Waals surface area (Å²) >= 11 is 2.02. The van der Waals surface area contributed by atoms with Crippen LogP contribution in [0.25, 0.3) is 0 Å². The number of ether oxygens (including phenoxy) is 1. The molecule has 6 heteroatoms. The monoisotopic (exact) mass is 281 g/mol. The summed E-state index contributed by atoms with van der Waals surface area (Å²) in [5.74, 6) is 1.46. The molecule has 104 valence electrons. The number of nitrogens with one attached hydrogen (secondary N) is 1. The minimum atomic E-state index is -0.505. The SMILES string of the molecule is CCSC1CCC(Nc2ccnc(C(=O)OC)n2)C1. The van der Waals surface area contributed by atoms with E-state index in [-0.39, 0.29) is 5.82 Å². The molecule has 0 bridgehead atoms. The van der Waals surface area contributed by atoms with E-state index in [1.165, 1.54) is 13.5 Å². The van der Waals surface area contributed by atoms with Crippen molar-refractivity contribution < 1.29 is 9.53 Å². The van der Waals surface area contributed by atoms with Gasteiger partial charge < -0.3 is 10.1 Å². The molecule has 1 aliphatic rings. The molecule has 0 radical (unpaired) electrons. The van der Waals surface area contributed by atoms with Crippen LogP contribution in [0.4, 0.5) is 5.82 Å². The third-order valence-electron chi connectivity index (χ3n) is 3.16. The normalized spacial score (nSPS) is 22.2. The lowest BCUT2D eigenvalue weighted by Crippen LogP contribution is -2.18. The van der Waals surface area contributed by atoms with Crippen LogP contribution in [0, 0.1) is 0 Å². The predicted molar refractivity (Wildman–Crippen MR) is 76.6 cm³/mol. The van der Waals surface area contributed by atoms with Crippen molar-refractivity contribution in [3.63, 3.8) is 0 Å². The molecule has 0 amide bonds. The highest BCUT2D eigenvalue weighted by molar-refractivity contribution is 7.99. The van der Waals surface area contributed by atoms with Gasteiger partial charge in [0.15, 0.2) is 0 Å². The van der Waals surface area contributed by atoms with E-state index in [1.54, 1.807) is 12.3 Å². The fourth-order valence-electron chi connectivity index (χ4n) is 2.30. The highest BCUT2D eigenvalue weighted by Gasteiger charge is 2.24. The zero-order valence-electron chi connectivity index (χ0n) is 11.3. The maximum absolute atomic E-state index is 11.4. The first kappa shape index (κ1) is 14.1. The summed E-state index contributed by atoms with van der Waals surface area (Å²) < 4.78 is 4.62. The second kappa shape index (κ2) is 6.75. The molecule has 1 saturated carbocycles. The van der Waals surface area contributed by atoms with Crippen LogP contribution in [-0.4, -0.2) is 40.1 Å². The maximum atomic E-state index is 11.4. The van der Waals surface area contributed by atoms with Gasteiger partial charge in [0.25, 0.3) is 0 Å². The quantitative estimate of drug-likeness (QED) is 0.836. The molecular weight excluding hydrogens is 262 g/mol. The molecule has 0 aliphatic heterocycles. The molecule has 0 aromatic carbocycles. The predicted octanol–water partition coefficient (Wildman–Crippen LogP) is 2.35. The lowest BCUT2D eigenvalue weighted by atomic mass is 10.2. The van der Waals surface area contributed by atoms with Crippen LogP contribution in [0.15, 0.2) is 12.3 Å². The zero-order valence-corrected chi connectivity index (χ0v) is 12.1. The Morgan fingerprint density at radius 1 is 1.58 bits per heavy atom. The van der Waals surface area contributed by atoms with Crippen molar-refractivity contribution in [3.8, 4) is 0 Å². The largest absolute Gasteiger partial charge is 0.463 e. The molecule has 0 spiro atoms. The molecule has 1 N–H and O–H groups in total. The van der Waals surface area contributed by atoms with Gasteiger partial charge in [-0.3, -0.25) is 0 Å². The first-order chi connectivity index (χ1) is 9.22. The van der Waals surface area contributed by atoms with Gasteiger partial charge in [0.1, 0.15) is 5.82 Å². The molecule has 0 saturated heterocycles. The van der Waals surface area contributed by atoms with Gasteiger partial charge in [-0.05, 0) is 31.1 Å². The molecule has 2 rings (SSSR count). The Morgan fingerprint density at radius 3 is 3.16 bits per heavy atom. The van der Waals surface area contributed by atoms with Crippen LogP contribution in [0.5, 0.6) is 0 Å². The van der Waals surface area contributed by atoms with Crippen LogP contribution in [-0.2, 0) is 4.74 Å². The van der Waals surface area contributed by atoms with Crippen molar-refractivity contribution in [2.45, 2.75) is 37.5 Å². The molecule has 19 heavy (non-hydrogen) atoms. The van der Waals surface area contributed by atoms with Crippen LogP contribution in [0.1, 0.15) is 36.8 Å². The molecule has 5 nitrogen and oxygen atoms in total. The number of nitrogens with zero attached hydrogens (tertiary/aromatic N) is 2. The Bertz CT molecular complexity index is 442. The van der Waals surface area contributed by atoms with Crippen molar-refractivity contribution in [3.05, 3.63) is 18.1 Å². The Morgan fingerprint density at radius 2 is 2.42 bits per heavy atom. The van der Waals surface area contributed by atoms with E-state index in [2.05, 4.69) is 26.9 Å². The van der Waals surface area contributed by atoms with Gasteiger partial charge in [0, 0.05) is 17.5 Å². The standard InChI is InChI=1S/C13H19N3O2S/c1-3-19-10-5-4-9(8-10)15-11-6-7-14-12(16-11)13(17)18-2/h6-7,9-10H,3-5,8H2,1-2H3,(H,14,15,16). The summed E-state index contributed by atoms with van der Waals surface area (Å²) in [5, 5.41) is 4.12. The summed E-state index contributed by atoms with van der Waals surface area (Å²) in [5.41, 5.74) is 0. The van der Waals surface area contributed by atoms with E-state index in [1.807, 2.05) is 11.8 Å². The number of carbonyl (C=O) groups excluding carboxylic acids is 1. The fraction of sp³-hybridized carbons (Fsp3) is 0.615. The number of aromatic nitrogens is 2. The minimum absolute atomic E-state index is 0.102. The van der Waals surface area contributed by atoms with E-state index in [9.17, 15) is 4.79 Å². The van der Waals surface area contributed by atoms with Gasteiger partial charge in [0.2, 0.25) is 5.82 Å². The second-order valence-corrected chi connectivity index (χ2v) is 6.07. The number of thioether (sulfide) groups is 1. The van der Waals surface area contributed by atoms with Crippen LogP contribution < -0.4 is 5.32 Å². The molecule has 1 heterocycles. The van der Waals surface area contributed by atoms with E-state index in [0.29, 0.717) is 11.9 Å². The van der Waals surface area contributed by atoms with Crippen LogP contribution in [0.3, 0.4) is 0 Å². The first-order valence-corrected chi connectivity index (χ1v) is 7.57. The highest BCUT2D eigenvalue weighted by atomic mass is 32.2. The number of methoxy groups -OCH3 is 1. The van der Waals surface area contributed by atoms with E-state index >= 15 is 0 Å². The minimum Gasteiger partial charge on any atom is -0.463 e. The Balaban J connectivity index is 1.94. The van der Waals surface area contributed by atoms with Crippen molar-refractivity contribution in [1.82, 2.24) is 9.97 Å². The number of rotatable bonds is 5. The molecule has 2 atom stereocenters. The number of hydrogen-bond donors (Lipinski definition) is 1. The van der Waals surface area contributed by atoms with E-state index in [4.69, 9.17) is 0 Å². The van der Waals surface area contributed by atoms with Gasteiger partial charge in [0.05, 0.1) is 7.11 Å². The molecule has 1 fully saturated rings. The number of esters is 1. The van der Waals surface area contributed by atoms with E-state index in [0.717, 1.165) is 23.8 Å². The van der Waals surface area contributed by atoms with Gasteiger partial charge in [-0.2, -0.15) is 11.8 Å². The number of carbonyl (C=O) groups is 1. The summed E-state index contributed by atoms with van der Waals surface area (Å²) in [7, 11) is 1.33. The van der Waals surface area contributed by atoms with Gasteiger partial charge in [-0.25, -0.2) is 14.8 Å². The first-order valence-electron chi connectivity index (χ1n) is 6.52.